The first kappa shape index (κ1) is 21.0. The Bertz CT molecular complexity index is 950. The standard InChI is InChI=1S/C24H32N2O4S/c1-16-2-4-20(5-3-16)31(29,30)26-21(6-7-22(26)27)23(28)25-9-8-24-13-17-10-18(14-24)12-19(11-17)15-24/h2-5,17-19,21H,6-15H2,1H3,(H,25,28)/t17?,18?,19?,21-,24?/m1/s1. The van der Waals surface area contributed by atoms with Crippen LogP contribution in [0.4, 0.5) is 0 Å². The second-order valence-corrected chi connectivity index (χ2v) is 12.3. The molecule has 4 aliphatic carbocycles. The van der Waals surface area contributed by atoms with E-state index in [4.69, 9.17) is 0 Å². The summed E-state index contributed by atoms with van der Waals surface area (Å²) >= 11 is 0. The quantitative estimate of drug-likeness (QED) is 0.729. The Labute approximate surface area is 184 Å². The largest absolute Gasteiger partial charge is 0.354 e. The van der Waals surface area contributed by atoms with E-state index < -0.39 is 22.0 Å². The highest BCUT2D eigenvalue weighted by Crippen LogP contribution is 2.61. The fourth-order valence-electron chi connectivity index (χ4n) is 7.19. The highest BCUT2D eigenvalue weighted by molar-refractivity contribution is 7.89. The normalized spacial score (nSPS) is 34.4. The Morgan fingerprint density at radius 1 is 1.06 bits per heavy atom. The minimum atomic E-state index is -4.04. The van der Waals surface area contributed by atoms with Crippen LogP contribution >= 0.6 is 0 Å². The molecule has 2 amide bonds. The highest BCUT2D eigenvalue weighted by atomic mass is 32.2. The molecule has 4 bridgehead atoms. The molecule has 4 saturated carbocycles. The van der Waals surface area contributed by atoms with Gasteiger partial charge >= 0.3 is 0 Å². The Hall–Kier alpha value is -1.89. The minimum absolute atomic E-state index is 0.0553. The molecule has 0 unspecified atom stereocenters. The number of hydrogen-bond acceptors (Lipinski definition) is 4. The maximum Gasteiger partial charge on any atom is 0.267 e. The molecule has 168 valence electrons. The van der Waals surface area contributed by atoms with Gasteiger partial charge in [0.25, 0.3) is 10.0 Å². The summed E-state index contributed by atoms with van der Waals surface area (Å²) in [4.78, 5) is 25.5. The van der Waals surface area contributed by atoms with Gasteiger partial charge < -0.3 is 5.32 Å². The maximum absolute atomic E-state index is 13.1. The van der Waals surface area contributed by atoms with Gasteiger partial charge in [0.1, 0.15) is 6.04 Å². The van der Waals surface area contributed by atoms with Crippen LogP contribution in [0.2, 0.25) is 0 Å². The molecule has 5 aliphatic rings. The number of hydrogen-bond donors (Lipinski definition) is 1. The van der Waals surface area contributed by atoms with Crippen LogP contribution < -0.4 is 5.32 Å². The van der Waals surface area contributed by atoms with Gasteiger partial charge in [-0.25, -0.2) is 12.7 Å². The molecule has 1 N–H and O–H groups in total. The number of amides is 2. The van der Waals surface area contributed by atoms with E-state index >= 15 is 0 Å². The topological polar surface area (TPSA) is 83.6 Å². The average molecular weight is 445 g/mol. The van der Waals surface area contributed by atoms with Crippen molar-refractivity contribution in [1.29, 1.82) is 0 Å². The van der Waals surface area contributed by atoms with Crippen molar-refractivity contribution in [2.45, 2.75) is 75.6 Å². The van der Waals surface area contributed by atoms with Gasteiger partial charge in [0.2, 0.25) is 11.8 Å². The van der Waals surface area contributed by atoms with E-state index in [1.807, 2.05) is 6.92 Å². The number of nitrogens with one attached hydrogen (secondary N) is 1. The average Bonchev–Trinajstić information content (AvgIpc) is 3.09. The zero-order valence-electron chi connectivity index (χ0n) is 18.2. The van der Waals surface area contributed by atoms with Crippen LogP contribution in [-0.2, 0) is 19.6 Å². The number of aryl methyl sites for hydroxylation is 1. The van der Waals surface area contributed by atoms with E-state index in [0.29, 0.717) is 12.0 Å². The molecular weight excluding hydrogens is 412 g/mol. The molecule has 5 fully saturated rings. The summed E-state index contributed by atoms with van der Waals surface area (Å²) in [6, 6.07) is 5.45. The first-order chi connectivity index (χ1) is 14.8. The molecule has 1 heterocycles. The number of rotatable bonds is 6. The first-order valence-electron chi connectivity index (χ1n) is 11.7. The molecule has 6 nitrogen and oxygen atoms in total. The highest BCUT2D eigenvalue weighted by Gasteiger charge is 2.50. The summed E-state index contributed by atoms with van der Waals surface area (Å²) in [5.41, 5.74) is 1.30. The molecule has 6 rings (SSSR count). The van der Waals surface area contributed by atoms with Gasteiger partial charge in [-0.1, -0.05) is 17.7 Å². The van der Waals surface area contributed by atoms with E-state index in [1.165, 1.54) is 50.7 Å². The molecule has 1 aromatic carbocycles. The van der Waals surface area contributed by atoms with Crippen LogP contribution in [0.25, 0.3) is 0 Å². The third-order valence-corrected chi connectivity index (χ3v) is 10.0. The van der Waals surface area contributed by atoms with Crippen molar-refractivity contribution in [3.05, 3.63) is 29.8 Å². The van der Waals surface area contributed by atoms with Gasteiger partial charge in [-0.2, -0.15) is 0 Å². The summed E-state index contributed by atoms with van der Waals surface area (Å²) in [6.45, 7) is 2.44. The maximum atomic E-state index is 13.1. The number of carbonyl (C=O) groups is 2. The number of nitrogens with zero attached hydrogens (tertiary/aromatic N) is 1. The van der Waals surface area contributed by atoms with Crippen LogP contribution in [0.15, 0.2) is 29.2 Å². The van der Waals surface area contributed by atoms with Crippen LogP contribution in [0, 0.1) is 30.1 Å². The molecular formula is C24H32N2O4S. The number of sulfonamides is 1. The summed E-state index contributed by atoms with van der Waals surface area (Å²) in [5.74, 6) is 1.76. The van der Waals surface area contributed by atoms with Crippen molar-refractivity contribution in [1.82, 2.24) is 9.62 Å². The zero-order chi connectivity index (χ0) is 21.8. The third kappa shape index (κ3) is 3.79. The van der Waals surface area contributed by atoms with Crippen molar-refractivity contribution in [2.75, 3.05) is 6.54 Å². The summed E-state index contributed by atoms with van der Waals surface area (Å²) in [6.07, 6.45) is 9.31. The summed E-state index contributed by atoms with van der Waals surface area (Å²) in [7, 11) is -4.04. The fraction of sp³-hybridized carbons (Fsp3) is 0.667. The number of carbonyl (C=O) groups excluding carboxylic acids is 2. The van der Waals surface area contributed by atoms with Crippen molar-refractivity contribution < 1.29 is 18.0 Å². The molecule has 0 radical (unpaired) electrons. The second kappa shape index (κ2) is 7.61. The SMILES string of the molecule is Cc1ccc(S(=O)(=O)N2C(=O)CC[C@@H]2C(=O)NCCC23CC4CC(CC(C4)C2)C3)cc1. The van der Waals surface area contributed by atoms with Crippen molar-refractivity contribution in [3.63, 3.8) is 0 Å². The molecule has 0 aromatic heterocycles. The molecule has 1 saturated heterocycles. The lowest BCUT2D eigenvalue weighted by molar-refractivity contribution is -0.130. The molecule has 7 heteroatoms. The van der Waals surface area contributed by atoms with Crippen molar-refractivity contribution in [3.8, 4) is 0 Å². The Balaban J connectivity index is 1.24. The lowest BCUT2D eigenvalue weighted by atomic mass is 9.49. The molecule has 0 spiro atoms. The molecule has 1 aliphatic heterocycles. The van der Waals surface area contributed by atoms with Crippen LogP contribution in [-0.4, -0.2) is 37.1 Å². The molecule has 31 heavy (non-hydrogen) atoms. The summed E-state index contributed by atoms with van der Waals surface area (Å²) < 4.78 is 27.0. The van der Waals surface area contributed by atoms with E-state index in [2.05, 4.69) is 5.32 Å². The van der Waals surface area contributed by atoms with Crippen LogP contribution in [0.3, 0.4) is 0 Å². The van der Waals surface area contributed by atoms with Crippen LogP contribution in [0.1, 0.15) is 63.4 Å². The minimum Gasteiger partial charge on any atom is -0.354 e. The van der Waals surface area contributed by atoms with Crippen molar-refractivity contribution in [2.24, 2.45) is 23.2 Å². The fourth-order valence-corrected chi connectivity index (χ4v) is 8.79. The predicted molar refractivity (Wildman–Crippen MR) is 116 cm³/mol. The predicted octanol–water partition coefficient (Wildman–Crippen LogP) is 3.40. The lowest BCUT2D eigenvalue weighted by Gasteiger charge is -2.57. The molecule has 1 atom stereocenters. The van der Waals surface area contributed by atoms with Gasteiger partial charge in [0.05, 0.1) is 4.90 Å². The van der Waals surface area contributed by atoms with Gasteiger partial charge in [-0.15, -0.1) is 0 Å². The smallest absolute Gasteiger partial charge is 0.267 e. The molecule has 1 aromatic rings. The van der Waals surface area contributed by atoms with Gasteiger partial charge in [-0.05, 0) is 93.6 Å². The van der Waals surface area contributed by atoms with Gasteiger partial charge in [0, 0.05) is 13.0 Å². The lowest BCUT2D eigenvalue weighted by Crippen LogP contribution is -2.49. The summed E-state index contributed by atoms with van der Waals surface area (Å²) in [5, 5.41) is 2.99. The monoisotopic (exact) mass is 444 g/mol. The van der Waals surface area contributed by atoms with Gasteiger partial charge in [0.15, 0.2) is 0 Å². The van der Waals surface area contributed by atoms with Gasteiger partial charge in [-0.3, -0.25) is 9.59 Å². The third-order valence-electron chi connectivity index (χ3n) is 8.16. The van der Waals surface area contributed by atoms with E-state index in [9.17, 15) is 18.0 Å². The first-order valence-corrected chi connectivity index (χ1v) is 13.1. The van der Waals surface area contributed by atoms with Crippen molar-refractivity contribution >= 4 is 21.8 Å². The Morgan fingerprint density at radius 2 is 1.65 bits per heavy atom. The van der Waals surface area contributed by atoms with E-state index in [1.54, 1.807) is 12.1 Å². The second-order valence-electron chi connectivity index (χ2n) is 10.5. The van der Waals surface area contributed by atoms with E-state index in [0.717, 1.165) is 34.0 Å². The zero-order valence-corrected chi connectivity index (χ0v) is 19.0. The van der Waals surface area contributed by atoms with Crippen LogP contribution in [0.5, 0.6) is 0 Å². The van der Waals surface area contributed by atoms with E-state index in [-0.39, 0.29) is 23.6 Å². The Kier molecular flexibility index (Phi) is 5.15. The Morgan fingerprint density at radius 3 is 2.23 bits per heavy atom. The number of benzene rings is 1.